The van der Waals surface area contributed by atoms with E-state index in [4.69, 9.17) is 4.74 Å². The molecule has 4 nitrogen and oxygen atoms in total. The lowest BCUT2D eigenvalue weighted by Gasteiger charge is -2.07. The highest BCUT2D eigenvalue weighted by molar-refractivity contribution is 9.10. The number of amides is 1. The largest absolute Gasteiger partial charge is 0.451 e. The molecule has 0 radical (unpaired) electrons. The predicted molar refractivity (Wildman–Crippen MR) is 82.1 cm³/mol. The highest BCUT2D eigenvalue weighted by Crippen LogP contribution is 2.21. The molecule has 0 saturated carbocycles. The van der Waals surface area contributed by atoms with Crippen LogP contribution in [0.3, 0.4) is 0 Å². The lowest BCUT2D eigenvalue weighted by Crippen LogP contribution is -2.21. The van der Waals surface area contributed by atoms with Gasteiger partial charge < -0.3 is 10.1 Å². The molecule has 0 spiro atoms. The van der Waals surface area contributed by atoms with Crippen LogP contribution in [0.2, 0.25) is 0 Å². The molecule has 104 valence electrons. The number of carbonyl (C=O) groups is 2. The van der Waals surface area contributed by atoms with Crippen LogP contribution in [0.4, 0.5) is 5.69 Å². The molecule has 0 aliphatic rings. The lowest BCUT2D eigenvalue weighted by molar-refractivity contribution is -0.119. The summed E-state index contributed by atoms with van der Waals surface area (Å²) in [4.78, 5) is 24.0. The van der Waals surface area contributed by atoms with Crippen LogP contribution in [-0.4, -0.2) is 18.5 Å². The first-order valence-corrected chi connectivity index (χ1v) is 7.51. The molecular weight excluding hydrogens is 342 g/mol. The van der Waals surface area contributed by atoms with Gasteiger partial charge in [0.25, 0.3) is 5.91 Å². The summed E-state index contributed by atoms with van der Waals surface area (Å²) in [5.74, 6) is -0.848. The van der Waals surface area contributed by atoms with Crippen molar-refractivity contribution in [2.75, 3.05) is 11.9 Å². The zero-order valence-corrected chi connectivity index (χ0v) is 13.1. The first-order valence-electron chi connectivity index (χ1n) is 5.83. The van der Waals surface area contributed by atoms with E-state index in [1.165, 1.54) is 11.3 Å². The molecule has 1 N–H and O–H groups in total. The van der Waals surface area contributed by atoms with Crippen LogP contribution >= 0.6 is 27.3 Å². The van der Waals surface area contributed by atoms with Gasteiger partial charge in [-0.15, -0.1) is 11.3 Å². The summed E-state index contributed by atoms with van der Waals surface area (Å²) >= 11 is 4.63. The Bertz CT molecular complexity index is 639. The number of hydrogen-bond acceptors (Lipinski definition) is 4. The maximum Gasteiger partial charge on any atom is 0.349 e. The second-order valence-corrected chi connectivity index (χ2v) is 5.81. The summed E-state index contributed by atoms with van der Waals surface area (Å²) in [6, 6.07) is 9.06. The monoisotopic (exact) mass is 353 g/mol. The number of halogens is 1. The molecule has 0 aliphatic heterocycles. The number of thiophene rings is 1. The van der Waals surface area contributed by atoms with E-state index in [-0.39, 0.29) is 12.5 Å². The summed E-state index contributed by atoms with van der Waals surface area (Å²) in [7, 11) is 0. The number of esters is 1. The highest BCUT2D eigenvalue weighted by atomic mass is 79.9. The molecule has 0 aliphatic carbocycles. The second kappa shape index (κ2) is 6.67. The fraction of sp³-hybridized carbons (Fsp3) is 0.143. The molecule has 6 heteroatoms. The van der Waals surface area contributed by atoms with Crippen molar-refractivity contribution in [3.05, 3.63) is 50.6 Å². The quantitative estimate of drug-likeness (QED) is 0.854. The third-order valence-corrected chi connectivity index (χ3v) is 4.22. The van der Waals surface area contributed by atoms with E-state index in [0.717, 1.165) is 10.0 Å². The Labute approximate surface area is 128 Å². The highest BCUT2D eigenvalue weighted by Gasteiger charge is 2.14. The Morgan fingerprint density at radius 2 is 2.05 bits per heavy atom. The van der Waals surface area contributed by atoms with E-state index < -0.39 is 5.97 Å². The third kappa shape index (κ3) is 3.68. The average molecular weight is 354 g/mol. The molecule has 0 unspecified atom stereocenters. The van der Waals surface area contributed by atoms with Gasteiger partial charge in [0.1, 0.15) is 4.88 Å². The molecular formula is C14H12BrNO3S. The molecule has 1 aromatic carbocycles. The number of ether oxygens (including phenoxy) is 1. The minimum Gasteiger partial charge on any atom is -0.451 e. The van der Waals surface area contributed by atoms with Gasteiger partial charge in [-0.1, -0.05) is 12.1 Å². The maximum atomic E-state index is 11.7. The van der Waals surface area contributed by atoms with Gasteiger partial charge in [-0.05, 0) is 52.0 Å². The summed E-state index contributed by atoms with van der Waals surface area (Å²) in [6.45, 7) is 1.52. The topological polar surface area (TPSA) is 55.4 Å². The Morgan fingerprint density at radius 1 is 1.30 bits per heavy atom. The summed E-state index contributed by atoms with van der Waals surface area (Å²) in [5.41, 5.74) is 1.49. The fourth-order valence-corrected chi connectivity index (χ4v) is 2.73. The van der Waals surface area contributed by atoms with E-state index in [1.54, 1.807) is 12.1 Å². The van der Waals surface area contributed by atoms with Crippen molar-refractivity contribution in [3.63, 3.8) is 0 Å². The molecule has 0 bridgehead atoms. The minimum atomic E-state index is -0.472. The second-order valence-electron chi connectivity index (χ2n) is 4.04. The van der Waals surface area contributed by atoms with Crippen LogP contribution in [0.5, 0.6) is 0 Å². The van der Waals surface area contributed by atoms with Crippen molar-refractivity contribution in [3.8, 4) is 0 Å². The van der Waals surface area contributed by atoms with E-state index in [0.29, 0.717) is 10.6 Å². The Hall–Kier alpha value is -1.66. The zero-order valence-electron chi connectivity index (χ0n) is 10.7. The van der Waals surface area contributed by atoms with Gasteiger partial charge in [-0.3, -0.25) is 4.79 Å². The lowest BCUT2D eigenvalue weighted by atomic mass is 10.3. The molecule has 2 aromatic rings. The number of anilines is 1. The number of rotatable bonds is 4. The number of aryl methyl sites for hydroxylation is 1. The Balaban J connectivity index is 1.89. The van der Waals surface area contributed by atoms with Crippen LogP contribution in [0.25, 0.3) is 0 Å². The molecule has 1 amide bonds. The molecule has 2 rings (SSSR count). The van der Waals surface area contributed by atoms with Crippen molar-refractivity contribution in [1.82, 2.24) is 0 Å². The molecule has 20 heavy (non-hydrogen) atoms. The van der Waals surface area contributed by atoms with Crippen molar-refractivity contribution >= 4 is 44.8 Å². The van der Waals surface area contributed by atoms with Gasteiger partial charge in [-0.2, -0.15) is 0 Å². The average Bonchev–Trinajstić information content (AvgIpc) is 2.85. The molecule has 1 heterocycles. The van der Waals surface area contributed by atoms with Crippen molar-refractivity contribution < 1.29 is 14.3 Å². The van der Waals surface area contributed by atoms with Crippen molar-refractivity contribution in [2.45, 2.75) is 6.92 Å². The smallest absolute Gasteiger partial charge is 0.349 e. The van der Waals surface area contributed by atoms with Crippen LogP contribution in [-0.2, 0) is 9.53 Å². The number of hydrogen-bond donors (Lipinski definition) is 1. The standard InChI is InChI=1S/C14H12BrNO3S/c1-9-6-7-20-13(9)14(18)19-8-12(17)16-11-5-3-2-4-10(11)15/h2-7H,8H2,1H3,(H,16,17). The van der Waals surface area contributed by atoms with E-state index in [2.05, 4.69) is 21.2 Å². The summed E-state index contributed by atoms with van der Waals surface area (Å²) in [5, 5.41) is 4.48. The van der Waals surface area contributed by atoms with E-state index >= 15 is 0 Å². The molecule has 0 saturated heterocycles. The molecule has 1 aromatic heterocycles. The molecule has 0 atom stereocenters. The normalized spacial score (nSPS) is 10.1. The first kappa shape index (κ1) is 14.7. The number of para-hydroxylation sites is 1. The number of carbonyl (C=O) groups excluding carboxylic acids is 2. The third-order valence-electron chi connectivity index (χ3n) is 2.53. The maximum absolute atomic E-state index is 11.7. The van der Waals surface area contributed by atoms with Crippen LogP contribution < -0.4 is 5.32 Å². The summed E-state index contributed by atoms with van der Waals surface area (Å²) < 4.78 is 5.76. The summed E-state index contributed by atoms with van der Waals surface area (Å²) in [6.07, 6.45) is 0. The van der Waals surface area contributed by atoms with Crippen LogP contribution in [0.1, 0.15) is 15.2 Å². The van der Waals surface area contributed by atoms with Crippen LogP contribution in [0.15, 0.2) is 40.2 Å². The first-order chi connectivity index (χ1) is 9.58. The Morgan fingerprint density at radius 3 is 2.70 bits per heavy atom. The zero-order chi connectivity index (χ0) is 14.5. The Kier molecular flexibility index (Phi) is 4.92. The number of benzene rings is 1. The number of nitrogens with one attached hydrogen (secondary N) is 1. The predicted octanol–water partition coefficient (Wildman–Crippen LogP) is 3.61. The van der Waals surface area contributed by atoms with E-state index in [9.17, 15) is 9.59 Å². The van der Waals surface area contributed by atoms with Gasteiger partial charge in [0.2, 0.25) is 0 Å². The van der Waals surface area contributed by atoms with Crippen molar-refractivity contribution in [1.29, 1.82) is 0 Å². The van der Waals surface area contributed by atoms with E-state index in [1.807, 2.05) is 30.5 Å². The van der Waals surface area contributed by atoms with Crippen molar-refractivity contribution in [2.24, 2.45) is 0 Å². The fourth-order valence-electron chi connectivity index (χ4n) is 1.53. The minimum absolute atomic E-state index is 0.308. The van der Waals surface area contributed by atoms with Gasteiger partial charge in [-0.25, -0.2) is 4.79 Å². The van der Waals surface area contributed by atoms with Gasteiger partial charge in [0, 0.05) is 4.47 Å². The molecule has 0 fully saturated rings. The van der Waals surface area contributed by atoms with Gasteiger partial charge in [0.15, 0.2) is 6.61 Å². The SMILES string of the molecule is Cc1ccsc1C(=O)OCC(=O)Nc1ccccc1Br. The van der Waals surface area contributed by atoms with Crippen LogP contribution in [0, 0.1) is 6.92 Å². The van der Waals surface area contributed by atoms with Gasteiger partial charge >= 0.3 is 5.97 Å². The van der Waals surface area contributed by atoms with Gasteiger partial charge in [0.05, 0.1) is 5.69 Å².